The molecular formula is C18H17NO4. The maximum atomic E-state index is 11.4. The van der Waals surface area contributed by atoms with Gasteiger partial charge >= 0.3 is 6.16 Å². The number of rotatable bonds is 4. The lowest BCUT2D eigenvalue weighted by Crippen LogP contribution is -2.45. The van der Waals surface area contributed by atoms with Gasteiger partial charge in [0.05, 0.1) is 0 Å². The Morgan fingerprint density at radius 3 is 2.43 bits per heavy atom. The number of hydrogen-bond acceptors (Lipinski definition) is 5. The van der Waals surface area contributed by atoms with Crippen LogP contribution < -0.4 is 0 Å². The number of nitrogens with zero attached hydrogens (tertiary/aromatic N) is 1. The summed E-state index contributed by atoms with van der Waals surface area (Å²) in [5, 5.41) is 4.05. The molecular weight excluding hydrogens is 294 g/mol. The molecule has 0 saturated carbocycles. The van der Waals surface area contributed by atoms with Gasteiger partial charge in [-0.15, -0.1) is 0 Å². The first-order chi connectivity index (χ1) is 11.2. The van der Waals surface area contributed by atoms with Crippen molar-refractivity contribution in [1.82, 2.24) is 0 Å². The number of benzene rings is 2. The minimum Gasteiger partial charge on any atom is -0.432 e. The van der Waals surface area contributed by atoms with E-state index in [-0.39, 0.29) is 12.5 Å². The summed E-state index contributed by atoms with van der Waals surface area (Å²) < 4.78 is 10.2. The third kappa shape index (κ3) is 3.34. The van der Waals surface area contributed by atoms with E-state index in [4.69, 9.17) is 14.3 Å². The highest BCUT2D eigenvalue weighted by Crippen LogP contribution is 2.30. The number of carbonyl (C=O) groups excluding carboxylic acids is 1. The molecule has 1 aliphatic rings. The third-order valence-electron chi connectivity index (χ3n) is 3.76. The van der Waals surface area contributed by atoms with Crippen LogP contribution in [-0.4, -0.2) is 18.7 Å². The standard InChI is InChI=1S/C18H17NO4/c1-18(15-10-6-3-7-11-15)13-21-17(20)23-16(18)19-22-12-14-8-4-2-5-9-14/h2-11H,12-13H2,1H3/b19-16+/t18-/m1/s1. The fourth-order valence-corrected chi connectivity index (χ4v) is 2.36. The Morgan fingerprint density at radius 1 is 1.09 bits per heavy atom. The van der Waals surface area contributed by atoms with Crippen LogP contribution in [0.1, 0.15) is 18.1 Å². The Morgan fingerprint density at radius 2 is 1.74 bits per heavy atom. The lowest BCUT2D eigenvalue weighted by Gasteiger charge is -2.32. The van der Waals surface area contributed by atoms with E-state index >= 15 is 0 Å². The summed E-state index contributed by atoms with van der Waals surface area (Å²) in [5.41, 5.74) is 1.25. The van der Waals surface area contributed by atoms with Gasteiger partial charge in [0.25, 0.3) is 5.90 Å². The van der Waals surface area contributed by atoms with Crippen LogP contribution in [-0.2, 0) is 26.3 Å². The average molecular weight is 311 g/mol. The van der Waals surface area contributed by atoms with Gasteiger partial charge in [-0.3, -0.25) is 0 Å². The van der Waals surface area contributed by atoms with E-state index in [1.807, 2.05) is 67.6 Å². The van der Waals surface area contributed by atoms with Gasteiger partial charge < -0.3 is 14.3 Å². The Balaban J connectivity index is 1.81. The fraction of sp³-hybridized carbons (Fsp3) is 0.222. The predicted molar refractivity (Wildman–Crippen MR) is 84.9 cm³/mol. The van der Waals surface area contributed by atoms with Crippen molar-refractivity contribution >= 4 is 12.1 Å². The SMILES string of the molecule is C[C@]1(c2ccccc2)COC(=O)O/C1=N/OCc1ccccc1. The monoisotopic (exact) mass is 311 g/mol. The van der Waals surface area contributed by atoms with Crippen molar-refractivity contribution in [2.75, 3.05) is 6.61 Å². The van der Waals surface area contributed by atoms with Crippen molar-refractivity contribution in [3.63, 3.8) is 0 Å². The Hall–Kier alpha value is -2.82. The van der Waals surface area contributed by atoms with Gasteiger partial charge in [-0.2, -0.15) is 0 Å². The molecule has 0 bridgehead atoms. The van der Waals surface area contributed by atoms with Crippen molar-refractivity contribution in [1.29, 1.82) is 0 Å². The third-order valence-corrected chi connectivity index (χ3v) is 3.76. The first-order valence-corrected chi connectivity index (χ1v) is 7.33. The normalized spacial score (nSPS) is 22.3. The Labute approximate surface area is 134 Å². The maximum Gasteiger partial charge on any atom is 0.515 e. The van der Waals surface area contributed by atoms with Crippen molar-refractivity contribution in [2.45, 2.75) is 18.9 Å². The van der Waals surface area contributed by atoms with Crippen LogP contribution in [0.25, 0.3) is 0 Å². The molecule has 5 heteroatoms. The lowest BCUT2D eigenvalue weighted by atomic mass is 9.82. The zero-order valence-electron chi connectivity index (χ0n) is 12.8. The summed E-state index contributed by atoms with van der Waals surface area (Å²) in [6.45, 7) is 2.36. The number of oxime groups is 1. The van der Waals surface area contributed by atoms with E-state index in [1.165, 1.54) is 0 Å². The molecule has 0 radical (unpaired) electrons. The molecule has 0 aliphatic carbocycles. The predicted octanol–water partition coefficient (Wildman–Crippen LogP) is 3.64. The van der Waals surface area contributed by atoms with Gasteiger partial charge in [0.1, 0.15) is 18.6 Å². The molecule has 0 spiro atoms. The largest absolute Gasteiger partial charge is 0.515 e. The molecule has 1 fully saturated rings. The molecule has 2 aromatic carbocycles. The van der Waals surface area contributed by atoms with Crippen LogP contribution in [0.3, 0.4) is 0 Å². The molecule has 23 heavy (non-hydrogen) atoms. The Bertz CT molecular complexity index is 699. The molecule has 0 N–H and O–H groups in total. The van der Waals surface area contributed by atoms with Crippen LogP contribution in [0.4, 0.5) is 4.79 Å². The van der Waals surface area contributed by atoms with E-state index in [9.17, 15) is 4.79 Å². The van der Waals surface area contributed by atoms with Crippen LogP contribution in [0.5, 0.6) is 0 Å². The van der Waals surface area contributed by atoms with E-state index in [0.717, 1.165) is 11.1 Å². The van der Waals surface area contributed by atoms with Gasteiger partial charge in [-0.25, -0.2) is 4.79 Å². The van der Waals surface area contributed by atoms with Crippen molar-refractivity contribution < 1.29 is 19.1 Å². The highest BCUT2D eigenvalue weighted by atomic mass is 16.7. The number of cyclic esters (lactones) is 2. The minimum atomic E-state index is -0.763. The van der Waals surface area contributed by atoms with Crippen LogP contribution >= 0.6 is 0 Å². The van der Waals surface area contributed by atoms with Gasteiger partial charge in [0.2, 0.25) is 0 Å². The Kier molecular flexibility index (Phi) is 4.28. The molecule has 0 aromatic heterocycles. The second-order valence-electron chi connectivity index (χ2n) is 5.49. The van der Waals surface area contributed by atoms with Crippen molar-refractivity contribution in [3.8, 4) is 0 Å². The summed E-state index contributed by atoms with van der Waals surface area (Å²) in [4.78, 5) is 16.8. The molecule has 1 saturated heterocycles. The van der Waals surface area contributed by atoms with Gasteiger partial charge in [0.15, 0.2) is 0 Å². The molecule has 118 valence electrons. The van der Waals surface area contributed by atoms with Gasteiger partial charge in [0, 0.05) is 0 Å². The molecule has 1 heterocycles. The average Bonchev–Trinajstić information content (AvgIpc) is 2.60. The van der Waals surface area contributed by atoms with E-state index in [2.05, 4.69) is 5.16 Å². The summed E-state index contributed by atoms with van der Waals surface area (Å²) in [7, 11) is 0. The van der Waals surface area contributed by atoms with E-state index < -0.39 is 11.6 Å². The zero-order valence-corrected chi connectivity index (χ0v) is 12.8. The summed E-state index contributed by atoms with van der Waals surface area (Å²) >= 11 is 0. The quantitative estimate of drug-likeness (QED) is 0.639. The minimum absolute atomic E-state index is 0.156. The maximum absolute atomic E-state index is 11.4. The van der Waals surface area contributed by atoms with Gasteiger partial charge in [-0.1, -0.05) is 60.7 Å². The molecule has 3 rings (SSSR count). The second kappa shape index (κ2) is 6.52. The highest BCUT2D eigenvalue weighted by molar-refractivity contribution is 5.95. The molecule has 1 atom stereocenters. The zero-order chi connectivity index (χ0) is 16.1. The highest BCUT2D eigenvalue weighted by Gasteiger charge is 2.42. The lowest BCUT2D eigenvalue weighted by molar-refractivity contribution is 0.0442. The number of ether oxygens (including phenoxy) is 2. The van der Waals surface area contributed by atoms with E-state index in [0.29, 0.717) is 6.61 Å². The molecule has 1 aliphatic heterocycles. The summed E-state index contributed by atoms with van der Waals surface area (Å²) in [6.07, 6.45) is -0.763. The smallest absolute Gasteiger partial charge is 0.432 e. The molecule has 0 unspecified atom stereocenters. The molecule has 5 nitrogen and oxygen atoms in total. The van der Waals surface area contributed by atoms with Crippen LogP contribution in [0, 0.1) is 0 Å². The molecule has 0 amide bonds. The first-order valence-electron chi connectivity index (χ1n) is 7.33. The van der Waals surface area contributed by atoms with Crippen molar-refractivity contribution in [3.05, 3.63) is 71.8 Å². The number of hydrogen-bond donors (Lipinski definition) is 0. The first kappa shape index (κ1) is 15.1. The van der Waals surface area contributed by atoms with Crippen LogP contribution in [0.15, 0.2) is 65.8 Å². The van der Waals surface area contributed by atoms with E-state index in [1.54, 1.807) is 0 Å². The molecule has 2 aromatic rings. The topological polar surface area (TPSA) is 57.1 Å². The summed E-state index contributed by atoms with van der Waals surface area (Å²) in [6, 6.07) is 19.3. The number of carbonyl (C=O) groups is 1. The second-order valence-corrected chi connectivity index (χ2v) is 5.49. The fourth-order valence-electron chi connectivity index (χ4n) is 2.36. The summed E-state index contributed by atoms with van der Waals surface area (Å²) in [5.74, 6) is 0.205. The van der Waals surface area contributed by atoms with Gasteiger partial charge in [-0.05, 0) is 23.2 Å². The van der Waals surface area contributed by atoms with Crippen LogP contribution in [0.2, 0.25) is 0 Å². The van der Waals surface area contributed by atoms with Crippen molar-refractivity contribution in [2.24, 2.45) is 5.16 Å².